The van der Waals surface area contributed by atoms with Crippen LogP contribution in [-0.2, 0) is 0 Å². The van der Waals surface area contributed by atoms with E-state index in [1.165, 1.54) is 0 Å². The maximum absolute atomic E-state index is 11.8. The second-order valence-corrected chi connectivity index (χ2v) is 4.51. The lowest BCUT2D eigenvalue weighted by Crippen LogP contribution is -2.32. The number of amidine groups is 1. The van der Waals surface area contributed by atoms with Crippen molar-refractivity contribution in [1.29, 1.82) is 5.41 Å². The highest BCUT2D eigenvalue weighted by molar-refractivity contribution is 5.96. The molecule has 0 aliphatic rings. The van der Waals surface area contributed by atoms with Crippen LogP contribution in [-0.4, -0.2) is 25.4 Å². The Balaban J connectivity index is 2.02. The van der Waals surface area contributed by atoms with Gasteiger partial charge < -0.3 is 20.5 Å². The van der Waals surface area contributed by atoms with Gasteiger partial charge in [-0.1, -0.05) is 6.07 Å². The number of rotatable bonds is 6. The van der Waals surface area contributed by atoms with E-state index in [0.29, 0.717) is 22.8 Å². The molecule has 4 N–H and O–H groups in total. The molecule has 2 rings (SSSR count). The van der Waals surface area contributed by atoms with Crippen LogP contribution in [0.25, 0.3) is 0 Å². The Morgan fingerprint density at radius 1 is 1.14 bits per heavy atom. The van der Waals surface area contributed by atoms with Gasteiger partial charge in [-0.15, -0.1) is 0 Å². The summed E-state index contributed by atoms with van der Waals surface area (Å²) >= 11 is 0. The molecular formula is C16H17N3O3. The van der Waals surface area contributed by atoms with Crippen molar-refractivity contribution in [3.8, 4) is 17.2 Å². The maximum atomic E-state index is 11.8. The number of nitrogens with two attached hydrogens (primary N) is 1. The fourth-order valence-corrected chi connectivity index (χ4v) is 1.75. The third-order valence-corrected chi connectivity index (χ3v) is 2.83. The minimum Gasteiger partial charge on any atom is -0.497 e. The Labute approximate surface area is 128 Å². The van der Waals surface area contributed by atoms with Gasteiger partial charge in [0.2, 0.25) is 0 Å². The highest BCUT2D eigenvalue weighted by Gasteiger charge is 2.06. The van der Waals surface area contributed by atoms with Crippen LogP contribution in [0.15, 0.2) is 48.5 Å². The van der Waals surface area contributed by atoms with Crippen molar-refractivity contribution in [2.24, 2.45) is 5.73 Å². The predicted molar refractivity (Wildman–Crippen MR) is 83.8 cm³/mol. The highest BCUT2D eigenvalue weighted by Crippen LogP contribution is 2.25. The van der Waals surface area contributed by atoms with E-state index in [4.69, 9.17) is 20.6 Å². The second kappa shape index (κ2) is 7.12. The predicted octanol–water partition coefficient (Wildman–Crippen LogP) is 2.15. The van der Waals surface area contributed by atoms with E-state index >= 15 is 0 Å². The standard InChI is InChI=1S/C16H17N3O3/c1-21-13-3-2-4-14(9-13)22-12-7-5-11(6-8-12)16(20)19-10-15(17)18/h2-9H,10H2,1H3,(H3,17,18)(H,19,20). The largest absolute Gasteiger partial charge is 0.497 e. The van der Waals surface area contributed by atoms with Crippen molar-refractivity contribution in [3.05, 3.63) is 54.1 Å². The summed E-state index contributed by atoms with van der Waals surface area (Å²) in [7, 11) is 1.59. The zero-order valence-corrected chi connectivity index (χ0v) is 12.1. The van der Waals surface area contributed by atoms with E-state index in [1.54, 1.807) is 37.4 Å². The highest BCUT2D eigenvalue weighted by atomic mass is 16.5. The maximum Gasteiger partial charge on any atom is 0.251 e. The molecule has 0 aromatic heterocycles. The number of benzene rings is 2. The van der Waals surface area contributed by atoms with Crippen LogP contribution in [0.2, 0.25) is 0 Å². The van der Waals surface area contributed by atoms with Crippen LogP contribution in [0.4, 0.5) is 0 Å². The van der Waals surface area contributed by atoms with Crippen LogP contribution in [0.5, 0.6) is 17.2 Å². The van der Waals surface area contributed by atoms with Crippen molar-refractivity contribution in [2.75, 3.05) is 13.7 Å². The molecule has 0 heterocycles. The Bertz CT molecular complexity index is 669. The third-order valence-electron chi connectivity index (χ3n) is 2.83. The summed E-state index contributed by atoms with van der Waals surface area (Å²) < 4.78 is 10.8. The topological polar surface area (TPSA) is 97.4 Å². The number of carbonyl (C=O) groups is 1. The monoisotopic (exact) mass is 299 g/mol. The van der Waals surface area contributed by atoms with E-state index in [1.807, 2.05) is 18.2 Å². The Morgan fingerprint density at radius 2 is 1.82 bits per heavy atom. The zero-order chi connectivity index (χ0) is 15.9. The number of methoxy groups -OCH3 is 1. The molecule has 0 bridgehead atoms. The van der Waals surface area contributed by atoms with Crippen LogP contribution in [0.1, 0.15) is 10.4 Å². The fourth-order valence-electron chi connectivity index (χ4n) is 1.75. The molecular weight excluding hydrogens is 282 g/mol. The van der Waals surface area contributed by atoms with Crippen molar-refractivity contribution in [3.63, 3.8) is 0 Å². The number of nitrogens with one attached hydrogen (secondary N) is 2. The molecule has 0 fully saturated rings. The number of ether oxygens (including phenoxy) is 2. The number of amides is 1. The van der Waals surface area contributed by atoms with Gasteiger partial charge in [0.05, 0.1) is 13.7 Å². The van der Waals surface area contributed by atoms with Crippen molar-refractivity contribution < 1.29 is 14.3 Å². The Morgan fingerprint density at radius 3 is 2.45 bits per heavy atom. The van der Waals surface area contributed by atoms with Gasteiger partial charge in [-0.3, -0.25) is 10.2 Å². The fraction of sp³-hybridized carbons (Fsp3) is 0.125. The van der Waals surface area contributed by atoms with Crippen molar-refractivity contribution in [1.82, 2.24) is 5.32 Å². The van der Waals surface area contributed by atoms with Crippen LogP contribution in [0, 0.1) is 5.41 Å². The van der Waals surface area contributed by atoms with E-state index in [-0.39, 0.29) is 18.3 Å². The summed E-state index contributed by atoms with van der Waals surface area (Å²) in [5, 5.41) is 9.61. The molecule has 0 aliphatic carbocycles. The summed E-state index contributed by atoms with van der Waals surface area (Å²) in [6, 6.07) is 13.9. The molecule has 6 heteroatoms. The van der Waals surface area contributed by atoms with E-state index in [2.05, 4.69) is 5.32 Å². The Hall–Kier alpha value is -3.02. The van der Waals surface area contributed by atoms with Gasteiger partial charge >= 0.3 is 0 Å². The van der Waals surface area contributed by atoms with Gasteiger partial charge in [0, 0.05) is 11.6 Å². The minimum atomic E-state index is -0.289. The lowest BCUT2D eigenvalue weighted by molar-refractivity contribution is 0.0959. The Kier molecular flexibility index (Phi) is 4.98. The molecule has 0 saturated carbocycles. The number of hydrogen-bond acceptors (Lipinski definition) is 4. The first-order valence-corrected chi connectivity index (χ1v) is 6.61. The lowest BCUT2D eigenvalue weighted by Gasteiger charge is -2.08. The zero-order valence-electron chi connectivity index (χ0n) is 12.1. The molecule has 6 nitrogen and oxygen atoms in total. The van der Waals surface area contributed by atoms with Gasteiger partial charge in [0.25, 0.3) is 5.91 Å². The van der Waals surface area contributed by atoms with E-state index in [9.17, 15) is 4.79 Å². The van der Waals surface area contributed by atoms with Gasteiger partial charge in [-0.2, -0.15) is 0 Å². The molecule has 2 aromatic carbocycles. The third kappa shape index (κ3) is 4.24. The summed E-state index contributed by atoms with van der Waals surface area (Å²) in [5.74, 6) is 1.58. The van der Waals surface area contributed by atoms with Crippen LogP contribution >= 0.6 is 0 Å². The molecule has 1 amide bonds. The average Bonchev–Trinajstić information content (AvgIpc) is 2.53. The van der Waals surface area contributed by atoms with Gasteiger partial charge in [0.1, 0.15) is 23.1 Å². The van der Waals surface area contributed by atoms with Crippen LogP contribution in [0.3, 0.4) is 0 Å². The summed E-state index contributed by atoms with van der Waals surface area (Å²) in [6.45, 7) is 0.0287. The molecule has 2 aromatic rings. The van der Waals surface area contributed by atoms with Gasteiger partial charge in [0.15, 0.2) is 0 Å². The minimum absolute atomic E-state index is 0.0287. The molecule has 0 unspecified atom stereocenters. The van der Waals surface area contributed by atoms with Crippen molar-refractivity contribution >= 4 is 11.7 Å². The smallest absolute Gasteiger partial charge is 0.251 e. The number of carbonyl (C=O) groups excluding carboxylic acids is 1. The molecule has 0 saturated heterocycles. The summed E-state index contributed by atoms with van der Waals surface area (Å²) in [4.78, 5) is 11.8. The van der Waals surface area contributed by atoms with Gasteiger partial charge in [-0.05, 0) is 36.4 Å². The van der Waals surface area contributed by atoms with Gasteiger partial charge in [-0.25, -0.2) is 0 Å². The van der Waals surface area contributed by atoms with E-state index < -0.39 is 0 Å². The summed E-state index contributed by atoms with van der Waals surface area (Å²) in [6.07, 6.45) is 0. The summed E-state index contributed by atoms with van der Waals surface area (Å²) in [5.41, 5.74) is 5.66. The van der Waals surface area contributed by atoms with E-state index in [0.717, 1.165) is 0 Å². The average molecular weight is 299 g/mol. The number of hydrogen-bond donors (Lipinski definition) is 3. The molecule has 114 valence electrons. The molecule has 0 aliphatic heterocycles. The SMILES string of the molecule is COc1cccc(Oc2ccc(C(=O)NCC(=N)N)cc2)c1. The normalized spacial score (nSPS) is 9.86. The molecule has 0 atom stereocenters. The first-order valence-electron chi connectivity index (χ1n) is 6.61. The second-order valence-electron chi connectivity index (χ2n) is 4.51. The molecule has 0 radical (unpaired) electrons. The van der Waals surface area contributed by atoms with Crippen LogP contribution < -0.4 is 20.5 Å². The first-order chi connectivity index (χ1) is 10.6. The first kappa shape index (κ1) is 15.4. The quantitative estimate of drug-likeness (QED) is 0.562. The molecule has 22 heavy (non-hydrogen) atoms. The molecule has 0 spiro atoms. The lowest BCUT2D eigenvalue weighted by atomic mass is 10.2. The van der Waals surface area contributed by atoms with Crippen molar-refractivity contribution in [2.45, 2.75) is 0 Å².